The molecule has 4 nitrogen and oxygen atoms in total. The number of hydrogen-bond acceptors (Lipinski definition) is 4. The van der Waals surface area contributed by atoms with E-state index in [1.165, 1.54) is 37.5 Å². The van der Waals surface area contributed by atoms with Gasteiger partial charge < -0.3 is 4.74 Å². The predicted molar refractivity (Wildman–Crippen MR) is 98.2 cm³/mol. The highest BCUT2D eigenvalue weighted by atomic mass is 16.5. The van der Waals surface area contributed by atoms with Crippen LogP contribution in [0.5, 0.6) is 0 Å². The molecule has 0 atom stereocenters. The minimum Gasteiger partial charge on any atom is -0.465 e. The van der Waals surface area contributed by atoms with Crippen LogP contribution in [-0.2, 0) is 4.74 Å². The number of carbonyl (C=O) groups excluding carboxylic acids is 1. The number of nitrogens with zero attached hydrogens (tertiary/aromatic N) is 2. The molecule has 4 rings (SSSR count). The average Bonchev–Trinajstić information content (AvgIpc) is 2.82. The summed E-state index contributed by atoms with van der Waals surface area (Å²) in [5.41, 5.74) is 5.47. The van der Waals surface area contributed by atoms with Crippen LogP contribution in [0.3, 0.4) is 0 Å². The highest BCUT2D eigenvalue weighted by Gasteiger charge is 2.26. The van der Waals surface area contributed by atoms with Gasteiger partial charge in [0.25, 0.3) is 0 Å². The summed E-state index contributed by atoms with van der Waals surface area (Å²) < 4.78 is 4.73. The first-order valence-corrected chi connectivity index (χ1v) is 9.13. The van der Waals surface area contributed by atoms with Crippen molar-refractivity contribution in [1.29, 1.82) is 0 Å². The number of pyridine rings is 1. The van der Waals surface area contributed by atoms with Crippen molar-refractivity contribution in [2.45, 2.75) is 38.1 Å². The second-order valence-corrected chi connectivity index (χ2v) is 7.02. The summed E-state index contributed by atoms with van der Waals surface area (Å²) in [7, 11) is 1.39. The Morgan fingerprint density at radius 3 is 2.80 bits per heavy atom. The number of hydrogen-bond donors (Lipinski definition) is 0. The lowest BCUT2D eigenvalue weighted by Crippen LogP contribution is -2.40. The predicted octanol–water partition coefficient (Wildman–Crippen LogP) is 3.77. The van der Waals surface area contributed by atoms with Gasteiger partial charge in [0, 0.05) is 25.3 Å². The Hall–Kier alpha value is -2.20. The molecule has 3 aliphatic rings. The molecule has 0 saturated heterocycles. The van der Waals surface area contributed by atoms with Gasteiger partial charge in [0.05, 0.1) is 18.4 Å². The van der Waals surface area contributed by atoms with Gasteiger partial charge in [0.15, 0.2) is 0 Å². The quantitative estimate of drug-likeness (QED) is 0.788. The maximum Gasteiger partial charge on any atom is 0.339 e. The van der Waals surface area contributed by atoms with E-state index in [4.69, 9.17) is 4.74 Å². The van der Waals surface area contributed by atoms with Gasteiger partial charge >= 0.3 is 5.97 Å². The monoisotopic (exact) mass is 336 g/mol. The zero-order chi connectivity index (χ0) is 17.2. The number of rotatable bonds is 3. The lowest BCUT2D eigenvalue weighted by atomic mass is 9.90. The number of aromatic nitrogens is 1. The molecule has 0 N–H and O–H groups in total. The van der Waals surface area contributed by atoms with Crippen molar-refractivity contribution < 1.29 is 9.53 Å². The van der Waals surface area contributed by atoms with E-state index in [1.54, 1.807) is 12.3 Å². The molecule has 0 bridgehead atoms. The first kappa shape index (κ1) is 16.3. The second kappa shape index (κ2) is 6.96. The molecular formula is C21H24N2O2. The number of esters is 1. The van der Waals surface area contributed by atoms with Crippen molar-refractivity contribution in [1.82, 2.24) is 9.88 Å². The van der Waals surface area contributed by atoms with Crippen molar-refractivity contribution in [2.24, 2.45) is 0 Å². The molecule has 25 heavy (non-hydrogen) atoms. The molecule has 0 spiro atoms. The maximum atomic E-state index is 11.5. The first-order valence-electron chi connectivity index (χ1n) is 9.13. The lowest BCUT2D eigenvalue weighted by molar-refractivity contribution is 0.0600. The minimum atomic E-state index is -0.347. The Morgan fingerprint density at radius 1 is 1.24 bits per heavy atom. The van der Waals surface area contributed by atoms with E-state index in [0.717, 1.165) is 43.2 Å². The molecule has 1 fully saturated rings. The van der Waals surface area contributed by atoms with Gasteiger partial charge in [-0.15, -0.1) is 0 Å². The Bertz CT molecular complexity index is 755. The average molecular weight is 336 g/mol. The van der Waals surface area contributed by atoms with Crippen molar-refractivity contribution in [3.8, 4) is 0 Å². The van der Waals surface area contributed by atoms with Crippen LogP contribution >= 0.6 is 0 Å². The van der Waals surface area contributed by atoms with E-state index in [2.05, 4.69) is 28.1 Å². The van der Waals surface area contributed by atoms with E-state index in [1.807, 2.05) is 6.07 Å². The topological polar surface area (TPSA) is 42.4 Å². The van der Waals surface area contributed by atoms with Crippen LogP contribution in [0.1, 0.15) is 48.2 Å². The molecule has 1 aliphatic heterocycles. The summed E-state index contributed by atoms with van der Waals surface area (Å²) in [5.74, 6) is -0.347. The standard InChI is InChI=1S/C21H24N2O2/c1-25-21(24)18-7-8-20(22-14-18)17-6-5-15-9-11-23(19-3-2-4-19)12-10-16(15)13-17/h6-9,13-14,19H,2-5,10-12H2,1H3. The van der Waals surface area contributed by atoms with Gasteiger partial charge in [-0.05, 0) is 60.6 Å². The largest absolute Gasteiger partial charge is 0.465 e. The van der Waals surface area contributed by atoms with E-state index >= 15 is 0 Å². The van der Waals surface area contributed by atoms with Gasteiger partial charge in [-0.2, -0.15) is 0 Å². The van der Waals surface area contributed by atoms with Gasteiger partial charge in [0.2, 0.25) is 0 Å². The second-order valence-electron chi connectivity index (χ2n) is 7.02. The fourth-order valence-corrected chi connectivity index (χ4v) is 3.79. The van der Waals surface area contributed by atoms with Gasteiger partial charge in [-0.3, -0.25) is 9.88 Å². The van der Waals surface area contributed by atoms with E-state index in [-0.39, 0.29) is 5.97 Å². The number of fused-ring (bicyclic) bond motifs is 1. The fraction of sp³-hybridized carbons (Fsp3) is 0.429. The SMILES string of the molecule is COC(=O)c1ccc(C2=CCC3=CCN(C4CCC4)CCC3=C2)nc1. The van der Waals surface area contributed by atoms with E-state index in [9.17, 15) is 4.79 Å². The zero-order valence-corrected chi connectivity index (χ0v) is 14.7. The normalized spacial score (nSPS) is 21.2. The molecule has 1 aromatic rings. The van der Waals surface area contributed by atoms with Gasteiger partial charge in [-0.25, -0.2) is 4.79 Å². The Morgan fingerprint density at radius 2 is 2.12 bits per heavy atom. The minimum absolute atomic E-state index is 0.347. The van der Waals surface area contributed by atoms with Crippen LogP contribution in [0.4, 0.5) is 0 Å². The fourth-order valence-electron chi connectivity index (χ4n) is 3.79. The highest BCUT2D eigenvalue weighted by Crippen LogP contribution is 2.34. The van der Waals surface area contributed by atoms with Crippen LogP contribution in [0, 0.1) is 0 Å². The lowest BCUT2D eigenvalue weighted by Gasteiger charge is -2.36. The van der Waals surface area contributed by atoms with E-state index < -0.39 is 0 Å². The Labute approximate surface area is 148 Å². The van der Waals surface area contributed by atoms with Crippen molar-refractivity contribution >= 4 is 11.5 Å². The molecule has 0 unspecified atom stereocenters. The number of carbonyl (C=O) groups is 1. The van der Waals surface area contributed by atoms with Gasteiger partial charge in [0.1, 0.15) is 0 Å². The zero-order valence-electron chi connectivity index (χ0n) is 14.7. The number of allylic oxidation sites excluding steroid dienone is 4. The van der Waals surface area contributed by atoms with Gasteiger partial charge in [-0.1, -0.05) is 18.6 Å². The summed E-state index contributed by atoms with van der Waals surface area (Å²) in [6, 6.07) is 4.49. The maximum absolute atomic E-state index is 11.5. The van der Waals surface area contributed by atoms with Crippen molar-refractivity contribution in [3.05, 3.63) is 59.0 Å². The molecule has 0 radical (unpaired) electrons. The molecule has 1 aromatic heterocycles. The molecular weight excluding hydrogens is 312 g/mol. The molecule has 1 saturated carbocycles. The third-order valence-corrected chi connectivity index (χ3v) is 5.60. The summed E-state index contributed by atoms with van der Waals surface area (Å²) >= 11 is 0. The van der Waals surface area contributed by atoms with Crippen LogP contribution in [0.2, 0.25) is 0 Å². The third kappa shape index (κ3) is 3.31. The summed E-state index contributed by atoms with van der Waals surface area (Å²) in [6.07, 6.45) is 14.7. The van der Waals surface area contributed by atoms with Crippen LogP contribution < -0.4 is 0 Å². The summed E-state index contributed by atoms with van der Waals surface area (Å²) in [5, 5.41) is 0. The number of methoxy groups -OCH3 is 1. The third-order valence-electron chi connectivity index (χ3n) is 5.60. The molecule has 2 heterocycles. The number of ether oxygens (including phenoxy) is 1. The molecule has 0 amide bonds. The molecule has 0 aromatic carbocycles. The van der Waals surface area contributed by atoms with Crippen molar-refractivity contribution in [2.75, 3.05) is 20.2 Å². The summed E-state index contributed by atoms with van der Waals surface area (Å²) in [6.45, 7) is 2.24. The summed E-state index contributed by atoms with van der Waals surface area (Å²) in [4.78, 5) is 18.6. The first-order chi connectivity index (χ1) is 12.2. The van der Waals surface area contributed by atoms with Crippen LogP contribution in [0.15, 0.2) is 47.7 Å². The Kier molecular flexibility index (Phi) is 4.53. The molecule has 4 heteroatoms. The highest BCUT2D eigenvalue weighted by molar-refractivity contribution is 5.89. The van der Waals surface area contributed by atoms with Crippen LogP contribution in [-0.4, -0.2) is 42.1 Å². The van der Waals surface area contributed by atoms with Crippen molar-refractivity contribution in [3.63, 3.8) is 0 Å². The Balaban J connectivity index is 1.50. The smallest absolute Gasteiger partial charge is 0.339 e. The van der Waals surface area contributed by atoms with E-state index in [0.29, 0.717) is 5.56 Å². The molecule has 130 valence electrons. The molecule has 2 aliphatic carbocycles. The van der Waals surface area contributed by atoms with Crippen LogP contribution in [0.25, 0.3) is 5.57 Å².